The Bertz CT molecular complexity index is 759. The minimum absolute atomic E-state index is 0.333. The largest absolute Gasteiger partial charge is 0.0667 e. The lowest BCUT2D eigenvalue weighted by atomic mass is 10.1. The first-order chi connectivity index (χ1) is 11.3. The van der Waals surface area contributed by atoms with Gasteiger partial charge in [0.05, 0.1) is 0 Å². The lowest BCUT2D eigenvalue weighted by Gasteiger charge is -2.27. The molecule has 0 radical (unpaired) electrons. The quantitative estimate of drug-likeness (QED) is 0.511. The topological polar surface area (TPSA) is 0 Å². The van der Waals surface area contributed by atoms with Gasteiger partial charge < -0.3 is 0 Å². The molecule has 0 spiro atoms. The Morgan fingerprint density at radius 3 is 1.96 bits per heavy atom. The summed E-state index contributed by atoms with van der Waals surface area (Å²) in [6.07, 6.45) is 2.54. The van der Waals surface area contributed by atoms with Crippen molar-refractivity contribution in [2.45, 2.75) is 18.5 Å². The maximum atomic E-state index is 2.35. The predicted octanol–water partition coefficient (Wildman–Crippen LogP) is 2.80. The Labute approximate surface area is 142 Å². The predicted molar refractivity (Wildman–Crippen MR) is 106 cm³/mol. The molecule has 0 nitrogen and oxygen atoms in total. The molecule has 0 N–H and O–H groups in total. The molecule has 114 valence electrons. The third-order valence-electron chi connectivity index (χ3n) is 4.82. The van der Waals surface area contributed by atoms with Crippen LogP contribution in [0.3, 0.4) is 0 Å². The van der Waals surface area contributed by atoms with Crippen LogP contribution in [0.2, 0.25) is 0 Å². The maximum absolute atomic E-state index is 2.35. The van der Waals surface area contributed by atoms with Gasteiger partial charge >= 0.3 is 0 Å². The number of benzene rings is 3. The number of aryl methyl sites for hydroxylation is 1. The fourth-order valence-corrected chi connectivity index (χ4v) is 7.94. The first kappa shape index (κ1) is 14.9. The highest BCUT2D eigenvalue weighted by molar-refractivity contribution is 7.73. The van der Waals surface area contributed by atoms with Gasteiger partial charge in [0.25, 0.3) is 0 Å². The van der Waals surface area contributed by atoms with Crippen molar-refractivity contribution in [3.63, 3.8) is 0 Å². The maximum Gasteiger partial charge on any atom is 0.0389 e. The molecule has 3 aromatic rings. The van der Waals surface area contributed by atoms with E-state index in [1.165, 1.54) is 23.5 Å². The fraction of sp³-hybridized carbons (Fsp3) is 0.143. The van der Waals surface area contributed by atoms with Gasteiger partial charge in [-0.1, -0.05) is 84.0 Å². The highest BCUT2D eigenvalue weighted by atomic mass is 31.1. The van der Waals surface area contributed by atoms with Gasteiger partial charge in [0.1, 0.15) is 0 Å². The van der Waals surface area contributed by atoms with Crippen molar-refractivity contribution in [1.29, 1.82) is 0 Å². The van der Waals surface area contributed by atoms with Crippen molar-refractivity contribution in [3.05, 3.63) is 90.0 Å². The Morgan fingerprint density at radius 1 is 0.739 bits per heavy atom. The van der Waals surface area contributed by atoms with Gasteiger partial charge in [0, 0.05) is 15.9 Å². The molecule has 0 saturated heterocycles. The molecule has 23 heavy (non-hydrogen) atoms. The monoisotopic (exact) mass is 332 g/mol. The molecule has 1 aliphatic carbocycles. The van der Waals surface area contributed by atoms with Crippen molar-refractivity contribution >= 4 is 34.0 Å². The van der Waals surface area contributed by atoms with Gasteiger partial charge in [-0.15, -0.1) is 0 Å². The van der Waals surface area contributed by atoms with E-state index in [-0.39, 0.29) is 7.92 Å². The molecule has 0 aliphatic heterocycles. The summed E-state index contributed by atoms with van der Waals surface area (Å²) in [6.45, 7) is 0. The van der Waals surface area contributed by atoms with Crippen molar-refractivity contribution in [2.24, 2.45) is 0 Å². The summed E-state index contributed by atoms with van der Waals surface area (Å²) in [7, 11) is 0.810. The van der Waals surface area contributed by atoms with Crippen LogP contribution in [0.15, 0.2) is 78.9 Å². The smallest absolute Gasteiger partial charge is 0.0389 e. The Morgan fingerprint density at radius 2 is 1.35 bits per heavy atom. The van der Waals surface area contributed by atoms with E-state index >= 15 is 0 Å². The minimum Gasteiger partial charge on any atom is -0.0667 e. The highest BCUT2D eigenvalue weighted by Gasteiger charge is 2.32. The van der Waals surface area contributed by atoms with Crippen LogP contribution >= 0.6 is 7.92 Å². The van der Waals surface area contributed by atoms with Crippen LogP contribution in [-0.4, -0.2) is 10.2 Å². The lowest BCUT2D eigenvalue weighted by molar-refractivity contribution is 0.886. The third kappa shape index (κ3) is 2.80. The molecule has 2 heteroatoms. The molecular formula is C21H21PSi. The van der Waals surface area contributed by atoms with Crippen LogP contribution in [-0.2, 0) is 6.42 Å². The summed E-state index contributed by atoms with van der Waals surface area (Å²) in [5.41, 5.74) is 3.96. The molecule has 4 rings (SSSR count). The fourth-order valence-electron chi connectivity index (χ4n) is 3.82. The van der Waals surface area contributed by atoms with Crippen molar-refractivity contribution in [3.8, 4) is 0 Å². The molecule has 0 heterocycles. The molecular weight excluding hydrogens is 311 g/mol. The SMILES string of the molecule is [SiH3]c1cccc2c1C(P(c1ccccc1)c1ccccc1)CC2. The summed E-state index contributed by atoms with van der Waals surface area (Å²) in [6, 6.07) is 29.3. The third-order valence-corrected chi connectivity index (χ3v) is 8.54. The van der Waals surface area contributed by atoms with Crippen LogP contribution in [0, 0.1) is 0 Å². The van der Waals surface area contributed by atoms with E-state index in [4.69, 9.17) is 0 Å². The van der Waals surface area contributed by atoms with Gasteiger partial charge in [-0.2, -0.15) is 0 Å². The summed E-state index contributed by atoms with van der Waals surface area (Å²) in [4.78, 5) is 0. The summed E-state index contributed by atoms with van der Waals surface area (Å²) >= 11 is 0. The average molecular weight is 332 g/mol. The number of hydrogen-bond acceptors (Lipinski definition) is 0. The second-order valence-electron chi connectivity index (χ2n) is 6.24. The number of hydrogen-bond donors (Lipinski definition) is 0. The van der Waals surface area contributed by atoms with Crippen molar-refractivity contribution < 1.29 is 0 Å². The molecule has 0 fully saturated rings. The van der Waals surface area contributed by atoms with E-state index < -0.39 is 0 Å². The van der Waals surface area contributed by atoms with Crippen molar-refractivity contribution in [1.82, 2.24) is 0 Å². The minimum atomic E-state index is -0.333. The Hall–Kier alpha value is -1.69. The molecule has 0 aromatic heterocycles. The molecule has 3 aromatic carbocycles. The van der Waals surface area contributed by atoms with E-state index in [2.05, 4.69) is 78.9 Å². The van der Waals surface area contributed by atoms with Crippen molar-refractivity contribution in [2.75, 3.05) is 0 Å². The zero-order valence-corrected chi connectivity index (χ0v) is 16.3. The molecule has 1 atom stereocenters. The highest BCUT2D eigenvalue weighted by Crippen LogP contribution is 2.54. The van der Waals surface area contributed by atoms with E-state index in [0.717, 1.165) is 10.2 Å². The van der Waals surface area contributed by atoms with E-state index in [1.54, 1.807) is 16.3 Å². The number of rotatable bonds is 3. The van der Waals surface area contributed by atoms with Gasteiger partial charge in [-0.25, -0.2) is 0 Å². The summed E-state index contributed by atoms with van der Waals surface area (Å²) in [5, 5.41) is 4.62. The van der Waals surface area contributed by atoms with E-state index in [0.29, 0.717) is 5.66 Å². The van der Waals surface area contributed by atoms with Crippen LogP contribution < -0.4 is 15.8 Å². The number of fused-ring (bicyclic) bond motifs is 1. The second kappa shape index (κ2) is 6.43. The van der Waals surface area contributed by atoms with Crippen LogP contribution in [0.5, 0.6) is 0 Å². The summed E-state index contributed by atoms with van der Waals surface area (Å²) < 4.78 is 0. The molecule has 1 unspecified atom stereocenters. The van der Waals surface area contributed by atoms with E-state index in [1.807, 2.05) is 0 Å². The Balaban J connectivity index is 1.86. The van der Waals surface area contributed by atoms with Crippen LogP contribution in [0.4, 0.5) is 0 Å². The van der Waals surface area contributed by atoms with Gasteiger partial charge in [-0.05, 0) is 42.5 Å². The zero-order chi connectivity index (χ0) is 15.6. The first-order valence-electron chi connectivity index (χ1n) is 8.32. The normalized spacial score (nSPS) is 16.7. The summed E-state index contributed by atoms with van der Waals surface area (Å²) in [5.74, 6) is 0. The van der Waals surface area contributed by atoms with Gasteiger partial charge in [0.2, 0.25) is 0 Å². The average Bonchev–Trinajstić information content (AvgIpc) is 3.02. The molecule has 0 bridgehead atoms. The van der Waals surface area contributed by atoms with E-state index in [9.17, 15) is 0 Å². The molecule has 0 amide bonds. The van der Waals surface area contributed by atoms with Gasteiger partial charge in [0.15, 0.2) is 0 Å². The standard InChI is InChI=1S/C21H21PSi/c23-20-13-7-8-16-14-15-19(21(16)20)22(17-9-3-1-4-10-17)18-11-5-2-6-12-18/h1-13,19H,14-15H2,23H3. The molecule has 1 aliphatic rings. The Kier molecular flexibility index (Phi) is 4.16. The zero-order valence-electron chi connectivity index (χ0n) is 13.4. The van der Waals surface area contributed by atoms with Crippen LogP contribution in [0.25, 0.3) is 0 Å². The second-order valence-corrected chi connectivity index (χ2v) is 9.72. The van der Waals surface area contributed by atoms with Gasteiger partial charge in [-0.3, -0.25) is 0 Å². The lowest BCUT2D eigenvalue weighted by Crippen LogP contribution is -2.20. The van der Waals surface area contributed by atoms with Crippen LogP contribution in [0.1, 0.15) is 23.2 Å². The molecule has 0 saturated carbocycles. The first-order valence-corrected chi connectivity index (χ1v) is 10.7.